The Balaban J connectivity index is 0.000000896. The molecule has 0 fully saturated rings. The highest BCUT2D eigenvalue weighted by Gasteiger charge is 2.04. The normalized spacial score (nSPS) is 9.85. The lowest BCUT2D eigenvalue weighted by molar-refractivity contribution is -0.159. The summed E-state index contributed by atoms with van der Waals surface area (Å²) in [5, 5.41) is 14.8. The number of nitrogens with zero attached hydrogens (tertiary/aromatic N) is 1. The molecule has 0 spiro atoms. The molecule has 0 saturated carbocycles. The summed E-state index contributed by atoms with van der Waals surface area (Å²) in [4.78, 5) is 20.4. The lowest BCUT2D eigenvalue weighted by Gasteiger charge is -2.18. The summed E-state index contributed by atoms with van der Waals surface area (Å²) in [5.74, 6) is -1.92. The van der Waals surface area contributed by atoms with Crippen molar-refractivity contribution in [1.82, 2.24) is 4.90 Å². The molecule has 0 aromatic heterocycles. The van der Waals surface area contributed by atoms with Crippen LogP contribution in [0.25, 0.3) is 0 Å². The molecule has 0 aliphatic rings. The van der Waals surface area contributed by atoms with Crippen LogP contribution >= 0.6 is 0 Å². The highest BCUT2D eigenvalue weighted by Crippen LogP contribution is 2.18. The summed E-state index contributed by atoms with van der Waals surface area (Å²) >= 11 is 0. The molecular formula is C19H27NO6. The van der Waals surface area contributed by atoms with Crippen molar-refractivity contribution < 1.29 is 29.3 Å². The zero-order valence-corrected chi connectivity index (χ0v) is 15.3. The molecule has 7 nitrogen and oxygen atoms in total. The van der Waals surface area contributed by atoms with Gasteiger partial charge in [-0.15, -0.1) is 13.2 Å². The van der Waals surface area contributed by atoms with Gasteiger partial charge in [0.25, 0.3) is 0 Å². The first-order valence-electron chi connectivity index (χ1n) is 8.10. The van der Waals surface area contributed by atoms with Crippen molar-refractivity contribution in [2.45, 2.75) is 20.0 Å². The fourth-order valence-corrected chi connectivity index (χ4v) is 1.80. The topological polar surface area (TPSA) is 96.3 Å². The Morgan fingerprint density at radius 1 is 1.04 bits per heavy atom. The van der Waals surface area contributed by atoms with E-state index in [1.54, 1.807) is 0 Å². The Morgan fingerprint density at radius 2 is 1.50 bits per heavy atom. The minimum atomic E-state index is -1.82. The summed E-state index contributed by atoms with van der Waals surface area (Å²) < 4.78 is 11.3. The Bertz CT molecular complexity index is 546. The maximum atomic E-state index is 9.10. The second-order valence-electron chi connectivity index (χ2n) is 5.43. The van der Waals surface area contributed by atoms with Crippen LogP contribution in [0.2, 0.25) is 0 Å². The van der Waals surface area contributed by atoms with Crippen LogP contribution in [-0.4, -0.2) is 59.4 Å². The van der Waals surface area contributed by atoms with Crippen LogP contribution in [-0.2, 0) is 9.59 Å². The summed E-state index contributed by atoms with van der Waals surface area (Å²) in [6, 6.07) is 7.73. The number of carboxylic acids is 2. The van der Waals surface area contributed by atoms with Crippen molar-refractivity contribution in [3.8, 4) is 11.5 Å². The highest BCUT2D eigenvalue weighted by atomic mass is 16.5. The summed E-state index contributed by atoms with van der Waals surface area (Å²) in [5.41, 5.74) is 0. The Hall–Kier alpha value is -2.80. The number of hydrogen-bond acceptors (Lipinski definition) is 5. The van der Waals surface area contributed by atoms with E-state index in [9.17, 15) is 0 Å². The molecule has 0 radical (unpaired) electrons. The molecule has 1 rings (SSSR count). The van der Waals surface area contributed by atoms with E-state index in [-0.39, 0.29) is 6.10 Å². The average Bonchev–Trinajstić information content (AvgIpc) is 2.57. The molecule has 144 valence electrons. The van der Waals surface area contributed by atoms with Gasteiger partial charge in [-0.3, -0.25) is 4.90 Å². The number of rotatable bonds is 10. The SMILES string of the molecule is C=CCN(CC=C)CCOc1ccc(OC(C)C)cc1.O=C(O)C(=O)O. The van der Waals surface area contributed by atoms with Gasteiger partial charge in [-0.05, 0) is 38.1 Å². The van der Waals surface area contributed by atoms with Crippen LogP contribution < -0.4 is 9.47 Å². The molecule has 1 aromatic rings. The molecule has 0 aliphatic carbocycles. The third-order valence-electron chi connectivity index (χ3n) is 2.83. The van der Waals surface area contributed by atoms with Gasteiger partial charge in [0.15, 0.2) is 0 Å². The van der Waals surface area contributed by atoms with Crippen LogP contribution in [0, 0.1) is 0 Å². The number of hydrogen-bond donors (Lipinski definition) is 2. The summed E-state index contributed by atoms with van der Waals surface area (Å²) in [7, 11) is 0. The van der Waals surface area contributed by atoms with E-state index in [0.717, 1.165) is 31.1 Å². The van der Waals surface area contributed by atoms with E-state index in [1.807, 2.05) is 50.3 Å². The first-order valence-corrected chi connectivity index (χ1v) is 8.10. The van der Waals surface area contributed by atoms with E-state index >= 15 is 0 Å². The highest BCUT2D eigenvalue weighted by molar-refractivity contribution is 6.27. The van der Waals surface area contributed by atoms with Gasteiger partial charge >= 0.3 is 11.9 Å². The predicted octanol–water partition coefficient (Wildman–Crippen LogP) is 2.68. The molecule has 0 aliphatic heterocycles. The van der Waals surface area contributed by atoms with Crippen molar-refractivity contribution >= 4 is 11.9 Å². The minimum Gasteiger partial charge on any atom is -0.492 e. The number of carbonyl (C=O) groups is 2. The largest absolute Gasteiger partial charge is 0.492 e. The third kappa shape index (κ3) is 11.7. The molecule has 2 N–H and O–H groups in total. The third-order valence-corrected chi connectivity index (χ3v) is 2.83. The summed E-state index contributed by atoms with van der Waals surface area (Å²) in [6.07, 6.45) is 3.97. The zero-order valence-electron chi connectivity index (χ0n) is 15.3. The first kappa shape index (κ1) is 23.2. The number of carboxylic acid groups (broad SMARTS) is 2. The zero-order chi connectivity index (χ0) is 19.9. The second kappa shape index (κ2) is 13.5. The maximum absolute atomic E-state index is 9.10. The van der Waals surface area contributed by atoms with Crippen molar-refractivity contribution in [1.29, 1.82) is 0 Å². The fraction of sp³-hybridized carbons (Fsp3) is 0.368. The Kier molecular flexibility index (Phi) is 12.0. The van der Waals surface area contributed by atoms with Gasteiger partial charge in [-0.2, -0.15) is 0 Å². The standard InChI is InChI=1S/C17H25NO2.C2H2O4/c1-5-11-18(12-6-2)13-14-19-16-7-9-17(10-8-16)20-15(3)4;3-1(4)2(5)6/h5-10,15H,1-2,11-14H2,3-4H3;(H,3,4)(H,5,6). The molecule has 0 amide bonds. The summed E-state index contributed by atoms with van der Waals surface area (Å²) in [6.45, 7) is 14.7. The van der Waals surface area contributed by atoms with E-state index < -0.39 is 11.9 Å². The molecule has 0 heterocycles. The van der Waals surface area contributed by atoms with Crippen molar-refractivity contribution in [3.63, 3.8) is 0 Å². The van der Waals surface area contributed by atoms with Gasteiger partial charge < -0.3 is 19.7 Å². The number of ether oxygens (including phenoxy) is 2. The van der Waals surface area contributed by atoms with E-state index in [4.69, 9.17) is 29.3 Å². The Morgan fingerprint density at radius 3 is 1.88 bits per heavy atom. The number of benzene rings is 1. The quantitative estimate of drug-likeness (QED) is 0.486. The second-order valence-corrected chi connectivity index (χ2v) is 5.43. The van der Waals surface area contributed by atoms with Crippen molar-refractivity contribution in [2.24, 2.45) is 0 Å². The monoisotopic (exact) mass is 365 g/mol. The molecule has 0 atom stereocenters. The van der Waals surface area contributed by atoms with Crippen LogP contribution in [0.4, 0.5) is 0 Å². The lowest BCUT2D eigenvalue weighted by atomic mass is 10.3. The van der Waals surface area contributed by atoms with Gasteiger partial charge in [0.2, 0.25) is 0 Å². The van der Waals surface area contributed by atoms with Gasteiger partial charge in [0, 0.05) is 19.6 Å². The molecular weight excluding hydrogens is 338 g/mol. The minimum absolute atomic E-state index is 0.188. The number of aliphatic carboxylic acids is 2. The lowest BCUT2D eigenvalue weighted by Crippen LogP contribution is -2.28. The van der Waals surface area contributed by atoms with Crippen LogP contribution in [0.5, 0.6) is 11.5 Å². The van der Waals surface area contributed by atoms with Gasteiger partial charge in [0.1, 0.15) is 18.1 Å². The molecule has 7 heteroatoms. The fourth-order valence-electron chi connectivity index (χ4n) is 1.80. The smallest absolute Gasteiger partial charge is 0.414 e. The maximum Gasteiger partial charge on any atom is 0.414 e. The molecule has 0 bridgehead atoms. The molecule has 26 heavy (non-hydrogen) atoms. The Labute approximate surface area is 154 Å². The molecule has 0 unspecified atom stereocenters. The predicted molar refractivity (Wildman–Crippen MR) is 99.8 cm³/mol. The van der Waals surface area contributed by atoms with Crippen LogP contribution in [0.1, 0.15) is 13.8 Å². The van der Waals surface area contributed by atoms with E-state index in [0.29, 0.717) is 6.61 Å². The van der Waals surface area contributed by atoms with Gasteiger partial charge in [-0.1, -0.05) is 12.2 Å². The van der Waals surface area contributed by atoms with Crippen molar-refractivity contribution in [2.75, 3.05) is 26.2 Å². The molecule has 0 saturated heterocycles. The van der Waals surface area contributed by atoms with E-state index in [1.165, 1.54) is 0 Å². The van der Waals surface area contributed by atoms with Gasteiger partial charge in [-0.25, -0.2) is 9.59 Å². The molecule has 1 aromatic carbocycles. The van der Waals surface area contributed by atoms with Gasteiger partial charge in [0.05, 0.1) is 6.10 Å². The average molecular weight is 365 g/mol. The van der Waals surface area contributed by atoms with Crippen LogP contribution in [0.15, 0.2) is 49.6 Å². The van der Waals surface area contributed by atoms with Crippen LogP contribution in [0.3, 0.4) is 0 Å². The first-order chi connectivity index (χ1) is 12.3. The van der Waals surface area contributed by atoms with E-state index in [2.05, 4.69) is 18.1 Å². The van der Waals surface area contributed by atoms with Crippen molar-refractivity contribution in [3.05, 3.63) is 49.6 Å².